The number of aromatic amines is 1. The summed E-state index contributed by atoms with van der Waals surface area (Å²) in [6.07, 6.45) is -0.316. The van der Waals surface area contributed by atoms with Gasteiger partial charge in [0.2, 0.25) is 0 Å². The fraction of sp³-hybridized carbons (Fsp3) is 0.278. The van der Waals surface area contributed by atoms with Crippen LogP contribution in [0.4, 0.5) is 8.78 Å². The number of H-pyrrole nitrogens is 1. The normalized spacial score (nSPS) is 14.3. The van der Waals surface area contributed by atoms with E-state index < -0.39 is 29.7 Å². The molecule has 0 spiro atoms. The lowest BCUT2D eigenvalue weighted by atomic mass is 10.1. The summed E-state index contributed by atoms with van der Waals surface area (Å²) in [6, 6.07) is 4.15. The fourth-order valence-corrected chi connectivity index (χ4v) is 4.05. The van der Waals surface area contributed by atoms with Gasteiger partial charge in [0.25, 0.3) is 6.43 Å². The van der Waals surface area contributed by atoms with Gasteiger partial charge in [-0.15, -0.1) is 5.10 Å². The Morgan fingerprint density at radius 1 is 1.38 bits per heavy atom. The quantitative estimate of drug-likeness (QED) is 0.529. The zero-order valence-electron chi connectivity index (χ0n) is 18.3. The SMILES string of the molecule is [2H]C([2H])([2H])c1nnn(C)c1-c1cnc2c(c1)[nH]c1c(S(C)(=O)=O)ccc(OCC(F)F)c12. The number of rotatable bonds is 5. The van der Waals surface area contributed by atoms with Crippen molar-refractivity contribution in [3.8, 4) is 17.0 Å². The average Bonchev–Trinajstić information content (AvgIpc) is 3.25. The van der Waals surface area contributed by atoms with E-state index in [9.17, 15) is 17.2 Å². The third-order valence-electron chi connectivity index (χ3n) is 4.38. The Morgan fingerprint density at radius 3 is 2.86 bits per heavy atom. The van der Waals surface area contributed by atoms with Gasteiger partial charge in [0.15, 0.2) is 9.84 Å². The van der Waals surface area contributed by atoms with E-state index in [1.807, 2.05) is 0 Å². The number of hydrogen-bond donors (Lipinski definition) is 1. The monoisotopic (exact) mass is 424 g/mol. The van der Waals surface area contributed by atoms with E-state index in [1.165, 1.54) is 30.1 Å². The molecule has 3 heterocycles. The summed E-state index contributed by atoms with van der Waals surface area (Å²) in [7, 11) is -2.14. The van der Waals surface area contributed by atoms with Crippen LogP contribution in [0.3, 0.4) is 0 Å². The van der Waals surface area contributed by atoms with Crippen molar-refractivity contribution in [3.05, 3.63) is 30.1 Å². The summed E-state index contributed by atoms with van der Waals surface area (Å²) < 4.78 is 79.5. The summed E-state index contributed by atoms with van der Waals surface area (Å²) in [5.74, 6) is 0.0459. The molecule has 8 nitrogen and oxygen atoms in total. The van der Waals surface area contributed by atoms with Crippen molar-refractivity contribution in [1.82, 2.24) is 25.0 Å². The third-order valence-corrected chi connectivity index (χ3v) is 5.52. The highest BCUT2D eigenvalue weighted by molar-refractivity contribution is 7.91. The molecule has 11 heteroatoms. The van der Waals surface area contributed by atoms with Crippen LogP contribution in [-0.2, 0) is 16.9 Å². The van der Waals surface area contributed by atoms with Crippen LogP contribution in [0.15, 0.2) is 29.3 Å². The molecule has 0 atom stereocenters. The molecular formula is C18H17F2N5O3S. The number of ether oxygens (including phenoxy) is 1. The maximum Gasteiger partial charge on any atom is 0.272 e. The number of sulfone groups is 1. The lowest BCUT2D eigenvalue weighted by Gasteiger charge is -2.09. The Morgan fingerprint density at radius 2 is 2.17 bits per heavy atom. The summed E-state index contributed by atoms with van der Waals surface area (Å²) in [5.41, 5.74) is 1.17. The van der Waals surface area contributed by atoms with Gasteiger partial charge >= 0.3 is 0 Å². The van der Waals surface area contributed by atoms with E-state index in [0.717, 1.165) is 6.26 Å². The van der Waals surface area contributed by atoms with E-state index in [-0.39, 0.29) is 38.5 Å². The van der Waals surface area contributed by atoms with Gasteiger partial charge in [0.05, 0.1) is 38.2 Å². The minimum Gasteiger partial charge on any atom is -0.487 e. The molecule has 4 aromatic rings. The van der Waals surface area contributed by atoms with Crippen molar-refractivity contribution in [3.63, 3.8) is 0 Å². The largest absolute Gasteiger partial charge is 0.487 e. The van der Waals surface area contributed by atoms with Crippen LogP contribution in [0.1, 0.15) is 9.81 Å². The Hall–Kier alpha value is -3.08. The van der Waals surface area contributed by atoms with Crippen LogP contribution in [0, 0.1) is 6.85 Å². The summed E-state index contributed by atoms with van der Waals surface area (Å²) in [5, 5.41) is 7.74. The van der Waals surface area contributed by atoms with Gasteiger partial charge in [-0.3, -0.25) is 4.98 Å². The number of pyridine rings is 1. The first kappa shape index (κ1) is 15.8. The Kier molecular flexibility index (Phi) is 3.68. The molecule has 0 aliphatic rings. The lowest BCUT2D eigenvalue weighted by Crippen LogP contribution is -2.07. The molecule has 0 unspecified atom stereocenters. The molecule has 0 fully saturated rings. The van der Waals surface area contributed by atoms with Crippen LogP contribution in [0.25, 0.3) is 33.2 Å². The zero-order chi connectivity index (χ0) is 23.4. The van der Waals surface area contributed by atoms with Gasteiger partial charge in [-0.05, 0) is 25.1 Å². The van der Waals surface area contributed by atoms with Gasteiger partial charge in [0, 0.05) is 29.2 Å². The van der Waals surface area contributed by atoms with Crippen LogP contribution in [-0.4, -0.2) is 52.7 Å². The molecule has 29 heavy (non-hydrogen) atoms. The zero-order valence-corrected chi connectivity index (χ0v) is 16.1. The van der Waals surface area contributed by atoms with Gasteiger partial charge < -0.3 is 9.72 Å². The van der Waals surface area contributed by atoms with Crippen molar-refractivity contribution in [1.29, 1.82) is 0 Å². The standard InChI is InChI=1S/C18H17F2N5O3S/c1-9-18(25(2)24-23-9)10-6-11-16(21-7-10)15-12(28-8-14(19)20)4-5-13(17(15)22-11)29(3,26)27/h4-7,14,22H,8H2,1-3H3/i1D3. The smallest absolute Gasteiger partial charge is 0.272 e. The topological polar surface area (TPSA) is 103 Å². The number of alkyl halides is 2. The van der Waals surface area contributed by atoms with Gasteiger partial charge in [-0.25, -0.2) is 21.9 Å². The second-order valence-corrected chi connectivity index (χ2v) is 8.43. The van der Waals surface area contributed by atoms with E-state index in [0.29, 0.717) is 11.1 Å². The molecule has 0 amide bonds. The Balaban J connectivity index is 1.99. The Bertz CT molecular complexity index is 1450. The van der Waals surface area contributed by atoms with Crippen molar-refractivity contribution in [2.24, 2.45) is 7.05 Å². The van der Waals surface area contributed by atoms with Crippen LogP contribution in [0.2, 0.25) is 0 Å². The molecule has 0 aliphatic heterocycles. The molecule has 1 N–H and O–H groups in total. The second kappa shape index (κ2) is 6.76. The average molecular weight is 424 g/mol. The van der Waals surface area contributed by atoms with Crippen molar-refractivity contribution >= 4 is 31.8 Å². The van der Waals surface area contributed by atoms with Crippen molar-refractivity contribution in [2.45, 2.75) is 18.2 Å². The number of fused-ring (bicyclic) bond motifs is 3. The highest BCUT2D eigenvalue weighted by atomic mass is 32.2. The third kappa shape index (κ3) is 3.31. The molecule has 0 bridgehead atoms. The van der Waals surface area contributed by atoms with Gasteiger partial charge in [-0.2, -0.15) is 0 Å². The maximum atomic E-state index is 12.7. The predicted molar refractivity (Wildman–Crippen MR) is 103 cm³/mol. The molecule has 1 aromatic carbocycles. The van der Waals surface area contributed by atoms with Crippen molar-refractivity contribution < 1.29 is 26.0 Å². The van der Waals surface area contributed by atoms with E-state index >= 15 is 0 Å². The predicted octanol–water partition coefficient (Wildman–Crippen LogP) is 2.87. The number of benzene rings is 1. The summed E-state index contributed by atoms with van der Waals surface area (Å²) in [6.45, 7) is -3.39. The number of aryl methyl sites for hydroxylation is 2. The highest BCUT2D eigenvalue weighted by Crippen LogP contribution is 2.37. The first-order valence-electron chi connectivity index (χ1n) is 9.84. The maximum absolute atomic E-state index is 12.7. The highest BCUT2D eigenvalue weighted by Gasteiger charge is 2.21. The number of nitrogens with zero attached hydrogens (tertiary/aromatic N) is 4. The molecule has 0 saturated carbocycles. The molecule has 3 aromatic heterocycles. The van der Waals surface area contributed by atoms with E-state index in [2.05, 4.69) is 20.3 Å². The lowest BCUT2D eigenvalue weighted by molar-refractivity contribution is 0.0827. The number of halogens is 2. The van der Waals surface area contributed by atoms with E-state index in [1.54, 1.807) is 6.07 Å². The van der Waals surface area contributed by atoms with Crippen LogP contribution >= 0.6 is 0 Å². The first-order chi connectivity index (χ1) is 14.9. The molecule has 0 radical (unpaired) electrons. The second-order valence-electron chi connectivity index (χ2n) is 6.44. The van der Waals surface area contributed by atoms with E-state index in [4.69, 9.17) is 8.85 Å². The number of hydrogen-bond acceptors (Lipinski definition) is 6. The minimum atomic E-state index is -3.67. The van der Waals surface area contributed by atoms with Gasteiger partial charge in [-0.1, -0.05) is 5.21 Å². The Labute approximate surface area is 168 Å². The molecule has 0 aliphatic carbocycles. The summed E-state index contributed by atoms with van der Waals surface area (Å²) >= 11 is 0. The van der Waals surface area contributed by atoms with Gasteiger partial charge in [0.1, 0.15) is 12.4 Å². The molecular weight excluding hydrogens is 404 g/mol. The minimum absolute atomic E-state index is 0.0459. The van der Waals surface area contributed by atoms with Crippen molar-refractivity contribution in [2.75, 3.05) is 12.9 Å². The number of nitrogens with one attached hydrogen (secondary N) is 1. The van der Waals surface area contributed by atoms with Crippen LogP contribution in [0.5, 0.6) is 5.75 Å². The molecule has 0 saturated heterocycles. The number of aromatic nitrogens is 5. The van der Waals surface area contributed by atoms with Crippen LogP contribution < -0.4 is 4.74 Å². The summed E-state index contributed by atoms with van der Waals surface area (Å²) in [4.78, 5) is 7.26. The molecule has 4 rings (SSSR count). The first-order valence-corrected chi connectivity index (χ1v) is 10.2. The molecule has 152 valence electrons. The fourth-order valence-electron chi connectivity index (χ4n) is 3.21.